The number of benzene rings is 1. The molecule has 0 amide bonds. The minimum atomic E-state index is -0.226. The second-order valence-electron chi connectivity index (χ2n) is 5.38. The van der Waals surface area contributed by atoms with Crippen LogP contribution in [0.1, 0.15) is 11.5 Å². The van der Waals surface area contributed by atoms with Gasteiger partial charge in [0.05, 0.1) is 12.7 Å². The molecule has 0 radical (unpaired) electrons. The molecule has 0 saturated heterocycles. The van der Waals surface area contributed by atoms with E-state index < -0.39 is 0 Å². The van der Waals surface area contributed by atoms with Crippen molar-refractivity contribution >= 4 is 10.8 Å². The van der Waals surface area contributed by atoms with Gasteiger partial charge in [0.15, 0.2) is 0 Å². The first-order chi connectivity index (χ1) is 11.8. The van der Waals surface area contributed by atoms with Crippen LogP contribution >= 0.6 is 0 Å². The highest BCUT2D eigenvalue weighted by Gasteiger charge is 2.07. The van der Waals surface area contributed by atoms with Gasteiger partial charge < -0.3 is 13.7 Å². The van der Waals surface area contributed by atoms with Crippen molar-refractivity contribution in [3.8, 4) is 5.75 Å². The molecule has 3 heterocycles. The van der Waals surface area contributed by atoms with Crippen LogP contribution in [0.4, 0.5) is 0 Å². The third kappa shape index (κ3) is 2.91. The van der Waals surface area contributed by atoms with Crippen LogP contribution in [0.3, 0.4) is 0 Å². The maximum absolute atomic E-state index is 12.1. The van der Waals surface area contributed by atoms with Crippen LogP contribution in [0, 0.1) is 0 Å². The van der Waals surface area contributed by atoms with Crippen molar-refractivity contribution < 1.29 is 9.15 Å². The summed E-state index contributed by atoms with van der Waals surface area (Å²) in [5.74, 6) is 0.716. The summed E-state index contributed by atoms with van der Waals surface area (Å²) in [5, 5.41) is 12.3. The average molecular weight is 322 g/mol. The van der Waals surface area contributed by atoms with Gasteiger partial charge in [-0.2, -0.15) is 15.4 Å². The van der Waals surface area contributed by atoms with Crippen molar-refractivity contribution in [1.29, 1.82) is 0 Å². The number of nitrogens with zero attached hydrogens (tertiary/aromatic N) is 3. The van der Waals surface area contributed by atoms with E-state index in [0.717, 1.165) is 10.8 Å². The normalized spacial score (nSPS) is 11.0. The fourth-order valence-electron chi connectivity index (χ4n) is 2.49. The highest BCUT2D eigenvalue weighted by Crippen LogP contribution is 2.16. The Morgan fingerprint density at radius 2 is 2.00 bits per heavy atom. The van der Waals surface area contributed by atoms with Crippen LogP contribution in [0.25, 0.3) is 10.8 Å². The predicted octanol–water partition coefficient (Wildman–Crippen LogP) is 2.34. The largest absolute Gasteiger partial charge is 0.480 e. The molecule has 24 heavy (non-hydrogen) atoms. The molecule has 4 rings (SSSR count). The Bertz CT molecular complexity index is 985. The van der Waals surface area contributed by atoms with Gasteiger partial charge in [-0.1, -0.05) is 24.3 Å². The highest BCUT2D eigenvalue weighted by molar-refractivity contribution is 5.82. The lowest BCUT2D eigenvalue weighted by molar-refractivity contribution is 0.285. The molecule has 0 spiro atoms. The van der Waals surface area contributed by atoms with Gasteiger partial charge in [0, 0.05) is 18.5 Å². The summed E-state index contributed by atoms with van der Waals surface area (Å²) < 4.78 is 12.9. The minimum Gasteiger partial charge on any atom is -0.480 e. The molecule has 7 nitrogen and oxygen atoms in total. The summed E-state index contributed by atoms with van der Waals surface area (Å²) in [7, 11) is 0. The van der Waals surface area contributed by atoms with Crippen LogP contribution in [-0.4, -0.2) is 20.0 Å². The number of fused-ring (bicyclic) bond motifs is 1. The Kier molecular flexibility index (Phi) is 3.59. The molecule has 0 atom stereocenters. The number of nitrogens with one attached hydrogen (secondary N) is 1. The lowest BCUT2D eigenvalue weighted by Gasteiger charge is -2.05. The number of hydrogen-bond donors (Lipinski definition) is 1. The van der Waals surface area contributed by atoms with Gasteiger partial charge in [0.2, 0.25) is 11.2 Å². The molecule has 0 aliphatic heterocycles. The van der Waals surface area contributed by atoms with Gasteiger partial charge in [-0.05, 0) is 10.8 Å². The van der Waals surface area contributed by atoms with Gasteiger partial charge in [-0.15, -0.1) is 0 Å². The zero-order chi connectivity index (χ0) is 16.4. The second-order valence-corrected chi connectivity index (χ2v) is 5.38. The Balaban J connectivity index is 1.50. The zero-order valence-corrected chi connectivity index (χ0v) is 12.7. The molecule has 0 aliphatic carbocycles. The first-order valence-electron chi connectivity index (χ1n) is 7.41. The van der Waals surface area contributed by atoms with E-state index in [1.54, 1.807) is 0 Å². The van der Waals surface area contributed by atoms with Crippen LogP contribution < -0.4 is 10.2 Å². The van der Waals surface area contributed by atoms with Crippen LogP contribution in [0.2, 0.25) is 0 Å². The fraction of sp³-hybridized carbons (Fsp3) is 0.118. The monoisotopic (exact) mass is 322 g/mol. The van der Waals surface area contributed by atoms with Crippen LogP contribution in [-0.2, 0) is 13.2 Å². The van der Waals surface area contributed by atoms with E-state index in [1.165, 1.54) is 18.5 Å². The third-order valence-corrected chi connectivity index (χ3v) is 3.64. The van der Waals surface area contributed by atoms with Crippen molar-refractivity contribution in [2.75, 3.05) is 0 Å². The van der Waals surface area contributed by atoms with Gasteiger partial charge in [0.25, 0.3) is 0 Å². The second kappa shape index (κ2) is 6.04. The van der Waals surface area contributed by atoms with Crippen molar-refractivity contribution in [2.45, 2.75) is 13.2 Å². The number of hydrogen-bond acceptors (Lipinski definition) is 5. The summed E-state index contributed by atoms with van der Waals surface area (Å²) in [6.45, 7) is 0.636. The molecule has 0 unspecified atom stereocenters. The first-order valence-corrected chi connectivity index (χ1v) is 7.41. The van der Waals surface area contributed by atoms with Crippen molar-refractivity contribution in [3.05, 3.63) is 76.9 Å². The standard InChI is InChI=1S/C17H14N4O3/c22-16-5-15(9-21-7-12-3-1-2-4-13(12)8-21)23-11-17(16)24-10-14-6-18-20-19-14/h1-8,11H,9-10H2,(H,18,19,20). The molecule has 0 aliphatic rings. The quantitative estimate of drug-likeness (QED) is 0.609. The van der Waals surface area contributed by atoms with Gasteiger partial charge in [-0.25, -0.2) is 0 Å². The van der Waals surface area contributed by atoms with E-state index in [1.807, 2.05) is 41.2 Å². The smallest absolute Gasteiger partial charge is 0.227 e. The third-order valence-electron chi connectivity index (χ3n) is 3.64. The van der Waals surface area contributed by atoms with Crippen molar-refractivity contribution in [3.63, 3.8) is 0 Å². The lowest BCUT2D eigenvalue weighted by atomic mass is 10.2. The maximum Gasteiger partial charge on any atom is 0.227 e. The van der Waals surface area contributed by atoms with E-state index in [4.69, 9.17) is 9.15 Å². The molecule has 0 bridgehead atoms. The molecular formula is C17H14N4O3. The molecular weight excluding hydrogens is 308 g/mol. The molecule has 1 aromatic carbocycles. The molecule has 7 heteroatoms. The highest BCUT2D eigenvalue weighted by atomic mass is 16.5. The molecule has 3 aromatic heterocycles. The van der Waals surface area contributed by atoms with E-state index in [-0.39, 0.29) is 17.8 Å². The Labute approximate surface area is 136 Å². The summed E-state index contributed by atoms with van der Waals surface area (Å²) in [6, 6.07) is 9.52. The fourth-order valence-corrected chi connectivity index (χ4v) is 2.49. The summed E-state index contributed by atoms with van der Waals surface area (Å²) >= 11 is 0. The zero-order valence-electron chi connectivity index (χ0n) is 12.7. The van der Waals surface area contributed by atoms with Crippen LogP contribution in [0.15, 0.2) is 64.4 Å². The molecule has 120 valence electrons. The first kappa shape index (κ1) is 14.3. The summed E-state index contributed by atoms with van der Waals surface area (Å²) in [4.78, 5) is 12.1. The summed E-state index contributed by atoms with van der Waals surface area (Å²) in [5.41, 5.74) is 0.383. The molecule has 0 saturated carbocycles. The van der Waals surface area contributed by atoms with Gasteiger partial charge >= 0.3 is 0 Å². The molecule has 0 fully saturated rings. The topological polar surface area (TPSA) is 85.9 Å². The van der Waals surface area contributed by atoms with Crippen molar-refractivity contribution in [1.82, 2.24) is 20.0 Å². The maximum atomic E-state index is 12.1. The minimum absolute atomic E-state index is 0.152. The van der Waals surface area contributed by atoms with E-state index >= 15 is 0 Å². The number of ether oxygens (including phenoxy) is 1. The van der Waals surface area contributed by atoms with E-state index in [9.17, 15) is 4.79 Å². The van der Waals surface area contributed by atoms with Gasteiger partial charge in [0.1, 0.15) is 24.3 Å². The van der Waals surface area contributed by atoms with E-state index in [2.05, 4.69) is 15.4 Å². The predicted molar refractivity (Wildman–Crippen MR) is 86.7 cm³/mol. The SMILES string of the molecule is O=c1cc(Cn2cc3ccccc3c2)occ1OCc1cn[nH]n1. The Hall–Kier alpha value is -3.35. The van der Waals surface area contributed by atoms with Crippen LogP contribution in [0.5, 0.6) is 5.75 Å². The molecule has 1 N–H and O–H groups in total. The van der Waals surface area contributed by atoms with Crippen molar-refractivity contribution in [2.24, 2.45) is 0 Å². The molecule has 4 aromatic rings. The average Bonchev–Trinajstić information content (AvgIpc) is 3.22. The Morgan fingerprint density at radius 1 is 1.21 bits per heavy atom. The number of aromatic nitrogens is 4. The Morgan fingerprint density at radius 3 is 2.67 bits per heavy atom. The van der Waals surface area contributed by atoms with Gasteiger partial charge in [-0.3, -0.25) is 4.79 Å². The van der Waals surface area contributed by atoms with E-state index in [0.29, 0.717) is 18.0 Å². The lowest BCUT2D eigenvalue weighted by Crippen LogP contribution is -2.09. The number of aromatic amines is 1. The summed E-state index contributed by atoms with van der Waals surface area (Å²) in [6.07, 6.45) is 6.91. The number of H-pyrrole nitrogens is 1. The number of rotatable bonds is 5.